The van der Waals surface area contributed by atoms with Crippen molar-refractivity contribution in [2.45, 2.75) is 57.7 Å². The average molecular weight is 183 g/mol. The number of hydrogen-bond acceptors (Lipinski definition) is 2. The third-order valence-electron chi connectivity index (χ3n) is 3.36. The Bertz CT molecular complexity index is 192. The minimum absolute atomic E-state index is 0.0377. The van der Waals surface area contributed by atoms with Crippen molar-refractivity contribution in [1.82, 2.24) is 5.32 Å². The van der Waals surface area contributed by atoms with E-state index in [0.717, 1.165) is 12.5 Å². The predicted molar refractivity (Wildman–Crippen MR) is 53.5 cm³/mol. The predicted octanol–water partition coefficient (Wildman–Crippen LogP) is 2.29. The van der Waals surface area contributed by atoms with Crippen LogP contribution in [0, 0.1) is 5.92 Å². The number of ether oxygens (including phenoxy) is 1. The van der Waals surface area contributed by atoms with E-state index in [4.69, 9.17) is 4.74 Å². The second-order valence-electron chi connectivity index (χ2n) is 5.47. The third-order valence-corrected chi connectivity index (χ3v) is 3.36. The van der Waals surface area contributed by atoms with Gasteiger partial charge >= 0.3 is 0 Å². The minimum Gasteiger partial charge on any atom is -0.359 e. The normalized spacial score (nSPS) is 44.1. The summed E-state index contributed by atoms with van der Waals surface area (Å²) in [5.74, 6) is 0.889. The first-order valence-electron chi connectivity index (χ1n) is 5.45. The first-order chi connectivity index (χ1) is 6.02. The van der Waals surface area contributed by atoms with Crippen LogP contribution >= 0.6 is 0 Å². The lowest BCUT2D eigenvalue weighted by atomic mass is 9.84. The lowest BCUT2D eigenvalue weighted by Gasteiger charge is -2.36. The standard InChI is InChI=1S/C11H21NO/c1-9-4-6-11(7-5-9)12-10(2,3)8-13-11/h9,12H,4-8H2,1-3H3. The molecule has 2 nitrogen and oxygen atoms in total. The second-order valence-corrected chi connectivity index (χ2v) is 5.47. The molecule has 1 heterocycles. The zero-order chi connectivity index (χ0) is 9.53. The molecular weight excluding hydrogens is 162 g/mol. The second kappa shape index (κ2) is 2.96. The molecule has 0 aromatic carbocycles. The largest absolute Gasteiger partial charge is 0.359 e. The Morgan fingerprint density at radius 2 is 1.85 bits per heavy atom. The van der Waals surface area contributed by atoms with Gasteiger partial charge in [0.1, 0.15) is 5.72 Å². The van der Waals surface area contributed by atoms with Crippen LogP contribution in [0.4, 0.5) is 0 Å². The molecule has 0 atom stereocenters. The number of rotatable bonds is 0. The van der Waals surface area contributed by atoms with Gasteiger partial charge < -0.3 is 4.74 Å². The minimum atomic E-state index is 0.0377. The maximum absolute atomic E-state index is 5.93. The lowest BCUT2D eigenvalue weighted by Crippen LogP contribution is -2.50. The van der Waals surface area contributed by atoms with Gasteiger partial charge in [-0.2, -0.15) is 0 Å². The van der Waals surface area contributed by atoms with Crippen molar-refractivity contribution in [3.05, 3.63) is 0 Å². The van der Waals surface area contributed by atoms with Crippen molar-refractivity contribution in [3.8, 4) is 0 Å². The van der Waals surface area contributed by atoms with Crippen LogP contribution in [0.25, 0.3) is 0 Å². The van der Waals surface area contributed by atoms with Crippen LogP contribution in [0.15, 0.2) is 0 Å². The van der Waals surface area contributed by atoms with Gasteiger partial charge in [-0.3, -0.25) is 5.32 Å². The van der Waals surface area contributed by atoms with Crippen LogP contribution in [0.2, 0.25) is 0 Å². The summed E-state index contributed by atoms with van der Waals surface area (Å²) in [6.07, 6.45) is 5.00. The molecule has 2 aliphatic rings. The van der Waals surface area contributed by atoms with E-state index < -0.39 is 0 Å². The van der Waals surface area contributed by atoms with Crippen LogP contribution in [0.1, 0.15) is 46.5 Å². The molecule has 1 N–H and O–H groups in total. The third kappa shape index (κ3) is 1.89. The SMILES string of the molecule is CC1CCC2(CC1)NC(C)(C)CO2. The van der Waals surface area contributed by atoms with E-state index in [0.29, 0.717) is 0 Å². The van der Waals surface area contributed by atoms with Crippen LogP contribution in [0.5, 0.6) is 0 Å². The van der Waals surface area contributed by atoms with Crippen LogP contribution in [-0.2, 0) is 4.74 Å². The highest BCUT2D eigenvalue weighted by Crippen LogP contribution is 2.37. The molecule has 2 heteroatoms. The quantitative estimate of drug-likeness (QED) is 0.622. The van der Waals surface area contributed by atoms with Gasteiger partial charge in [0.15, 0.2) is 0 Å². The summed E-state index contributed by atoms with van der Waals surface area (Å²) >= 11 is 0. The van der Waals surface area contributed by atoms with Crippen LogP contribution in [0.3, 0.4) is 0 Å². The van der Waals surface area contributed by atoms with Gasteiger partial charge in [0.25, 0.3) is 0 Å². The van der Waals surface area contributed by atoms with Gasteiger partial charge in [0.05, 0.1) is 6.61 Å². The van der Waals surface area contributed by atoms with E-state index in [9.17, 15) is 0 Å². The fraction of sp³-hybridized carbons (Fsp3) is 1.00. The fourth-order valence-corrected chi connectivity index (χ4v) is 2.51. The van der Waals surface area contributed by atoms with Gasteiger partial charge in [-0.1, -0.05) is 6.92 Å². The molecule has 1 aliphatic heterocycles. The summed E-state index contributed by atoms with van der Waals surface area (Å²) in [4.78, 5) is 0. The van der Waals surface area contributed by atoms with Crippen LogP contribution in [-0.4, -0.2) is 17.9 Å². The molecule has 0 radical (unpaired) electrons. The van der Waals surface area contributed by atoms with E-state index in [1.165, 1.54) is 25.7 Å². The van der Waals surface area contributed by atoms with Crippen molar-refractivity contribution in [1.29, 1.82) is 0 Å². The molecule has 1 saturated carbocycles. The summed E-state index contributed by atoms with van der Waals surface area (Å²) in [6, 6.07) is 0. The zero-order valence-corrected chi connectivity index (χ0v) is 9.02. The van der Waals surface area contributed by atoms with Crippen molar-refractivity contribution >= 4 is 0 Å². The highest BCUT2D eigenvalue weighted by atomic mass is 16.5. The molecule has 0 aromatic heterocycles. The molecule has 13 heavy (non-hydrogen) atoms. The topological polar surface area (TPSA) is 21.3 Å². The lowest BCUT2D eigenvalue weighted by molar-refractivity contribution is -0.0468. The van der Waals surface area contributed by atoms with Gasteiger partial charge in [-0.05, 0) is 45.4 Å². The van der Waals surface area contributed by atoms with E-state index >= 15 is 0 Å². The highest BCUT2D eigenvalue weighted by molar-refractivity contribution is 4.96. The summed E-state index contributed by atoms with van der Waals surface area (Å²) < 4.78 is 5.93. The number of nitrogens with one attached hydrogen (secondary N) is 1. The van der Waals surface area contributed by atoms with Gasteiger partial charge in [0.2, 0.25) is 0 Å². The fourth-order valence-electron chi connectivity index (χ4n) is 2.51. The Labute approximate surface area is 81.0 Å². The molecule has 2 rings (SSSR count). The summed E-state index contributed by atoms with van der Waals surface area (Å²) in [5, 5.41) is 3.64. The Morgan fingerprint density at radius 1 is 1.23 bits per heavy atom. The van der Waals surface area contributed by atoms with Crippen molar-refractivity contribution in [2.75, 3.05) is 6.61 Å². The molecule has 1 aliphatic carbocycles. The molecule has 2 fully saturated rings. The van der Waals surface area contributed by atoms with Crippen molar-refractivity contribution in [3.63, 3.8) is 0 Å². The van der Waals surface area contributed by atoms with Crippen LogP contribution < -0.4 is 5.32 Å². The highest BCUT2D eigenvalue weighted by Gasteiger charge is 2.44. The summed E-state index contributed by atoms with van der Waals surface area (Å²) in [6.45, 7) is 7.65. The monoisotopic (exact) mass is 183 g/mol. The van der Waals surface area contributed by atoms with E-state index in [1.54, 1.807) is 0 Å². The molecule has 0 aromatic rings. The first-order valence-corrected chi connectivity index (χ1v) is 5.45. The van der Waals surface area contributed by atoms with Gasteiger partial charge in [-0.25, -0.2) is 0 Å². The first kappa shape index (κ1) is 9.47. The van der Waals surface area contributed by atoms with Crippen molar-refractivity contribution in [2.24, 2.45) is 5.92 Å². The van der Waals surface area contributed by atoms with Gasteiger partial charge in [0, 0.05) is 5.54 Å². The van der Waals surface area contributed by atoms with Crippen molar-refractivity contribution < 1.29 is 4.74 Å². The van der Waals surface area contributed by atoms with E-state index in [1.807, 2.05) is 0 Å². The molecule has 1 spiro atoms. The van der Waals surface area contributed by atoms with E-state index in [-0.39, 0.29) is 11.3 Å². The molecular formula is C11H21NO. The molecule has 1 saturated heterocycles. The maximum Gasteiger partial charge on any atom is 0.119 e. The Morgan fingerprint density at radius 3 is 2.31 bits per heavy atom. The smallest absolute Gasteiger partial charge is 0.119 e. The Balaban J connectivity index is 2.00. The maximum atomic E-state index is 5.93. The number of hydrogen-bond donors (Lipinski definition) is 1. The molecule has 0 bridgehead atoms. The summed E-state index contributed by atoms with van der Waals surface area (Å²) in [5.41, 5.74) is 0.219. The summed E-state index contributed by atoms with van der Waals surface area (Å²) in [7, 11) is 0. The zero-order valence-electron chi connectivity index (χ0n) is 9.02. The Kier molecular flexibility index (Phi) is 2.16. The molecule has 76 valence electrons. The Hall–Kier alpha value is -0.0800. The average Bonchev–Trinajstić information content (AvgIpc) is 2.35. The van der Waals surface area contributed by atoms with E-state index in [2.05, 4.69) is 26.1 Å². The molecule has 0 unspecified atom stereocenters. The molecule has 0 amide bonds. The van der Waals surface area contributed by atoms with Gasteiger partial charge in [-0.15, -0.1) is 0 Å².